The van der Waals surface area contributed by atoms with E-state index < -0.39 is 10.0 Å². The van der Waals surface area contributed by atoms with Crippen LogP contribution in [0.25, 0.3) is 0 Å². The third-order valence-electron chi connectivity index (χ3n) is 4.92. The van der Waals surface area contributed by atoms with Crippen LogP contribution < -0.4 is 0 Å². The number of carbonyl (C=O) groups is 1. The number of hydrogen-bond donors (Lipinski definition) is 0. The number of furan rings is 1. The summed E-state index contributed by atoms with van der Waals surface area (Å²) in [7, 11) is -3.59. The molecule has 140 valence electrons. The number of thiophene rings is 1. The van der Waals surface area contributed by atoms with Crippen molar-refractivity contribution in [2.45, 2.75) is 50.1 Å². The number of carbonyl (C=O) groups excluding carboxylic acids is 1. The van der Waals surface area contributed by atoms with Crippen LogP contribution >= 0.6 is 11.3 Å². The van der Waals surface area contributed by atoms with Gasteiger partial charge in [0.2, 0.25) is 10.0 Å². The first kappa shape index (κ1) is 17.8. The molecule has 1 saturated heterocycles. The van der Waals surface area contributed by atoms with Crippen LogP contribution in [0, 0.1) is 6.92 Å². The van der Waals surface area contributed by atoms with Gasteiger partial charge >= 0.3 is 0 Å². The van der Waals surface area contributed by atoms with Gasteiger partial charge in [-0.2, -0.15) is 4.31 Å². The Morgan fingerprint density at radius 1 is 1.35 bits per heavy atom. The summed E-state index contributed by atoms with van der Waals surface area (Å²) in [5.74, 6) is 0.169. The lowest BCUT2D eigenvalue weighted by Gasteiger charge is -2.20. The van der Waals surface area contributed by atoms with Crippen LogP contribution in [0.4, 0.5) is 0 Å². The second kappa shape index (κ2) is 6.83. The van der Waals surface area contributed by atoms with Gasteiger partial charge in [0, 0.05) is 30.1 Å². The summed E-state index contributed by atoms with van der Waals surface area (Å²) in [6.07, 6.45) is 3.71. The van der Waals surface area contributed by atoms with Crippen molar-refractivity contribution in [3.63, 3.8) is 0 Å². The maximum Gasteiger partial charge on any atom is 0.290 e. The van der Waals surface area contributed by atoms with Gasteiger partial charge in [0.15, 0.2) is 5.76 Å². The molecule has 3 heterocycles. The Hall–Kier alpha value is -1.64. The monoisotopic (exact) mass is 394 g/mol. The second-order valence-electron chi connectivity index (χ2n) is 6.89. The van der Waals surface area contributed by atoms with E-state index in [1.807, 2.05) is 17.5 Å². The first-order chi connectivity index (χ1) is 12.5. The Kier molecular flexibility index (Phi) is 4.66. The molecule has 1 aliphatic carbocycles. The maximum absolute atomic E-state index is 13.0. The Balaban J connectivity index is 1.60. The van der Waals surface area contributed by atoms with E-state index in [-0.39, 0.29) is 28.4 Å². The minimum atomic E-state index is -3.59. The molecular weight excluding hydrogens is 372 g/mol. The third kappa shape index (κ3) is 3.33. The van der Waals surface area contributed by atoms with E-state index in [0.29, 0.717) is 19.6 Å². The summed E-state index contributed by atoms with van der Waals surface area (Å²) in [6, 6.07) is 5.60. The van der Waals surface area contributed by atoms with E-state index in [4.69, 9.17) is 4.42 Å². The third-order valence-corrected chi connectivity index (χ3v) is 7.79. The first-order valence-corrected chi connectivity index (χ1v) is 11.2. The zero-order valence-corrected chi connectivity index (χ0v) is 16.3. The van der Waals surface area contributed by atoms with E-state index in [1.165, 1.54) is 10.4 Å². The number of rotatable bonds is 6. The summed E-state index contributed by atoms with van der Waals surface area (Å²) >= 11 is 1.61. The molecule has 2 aromatic rings. The van der Waals surface area contributed by atoms with Crippen molar-refractivity contribution in [1.82, 2.24) is 9.21 Å². The maximum atomic E-state index is 13.0. The standard InChI is InChI=1S/C18H22N2O4S2/c1-13-17(26(22,23)19-8-2-3-9-19)11-16(24-13)18(21)20(14-6-7-14)12-15-5-4-10-25-15/h4-5,10-11,14H,2-3,6-9,12H2,1H3. The number of hydrogen-bond acceptors (Lipinski definition) is 5. The molecule has 4 rings (SSSR count). The van der Waals surface area contributed by atoms with Crippen molar-refractivity contribution in [2.24, 2.45) is 0 Å². The van der Waals surface area contributed by atoms with Crippen molar-refractivity contribution >= 4 is 27.3 Å². The quantitative estimate of drug-likeness (QED) is 0.754. The van der Waals surface area contributed by atoms with Gasteiger partial charge in [-0.25, -0.2) is 8.42 Å². The Morgan fingerprint density at radius 2 is 2.08 bits per heavy atom. The zero-order valence-electron chi connectivity index (χ0n) is 14.7. The van der Waals surface area contributed by atoms with E-state index >= 15 is 0 Å². The summed E-state index contributed by atoms with van der Waals surface area (Å²) in [6.45, 7) is 3.21. The molecule has 1 amide bonds. The van der Waals surface area contributed by atoms with Crippen molar-refractivity contribution in [2.75, 3.05) is 13.1 Å². The molecule has 0 spiro atoms. The molecular formula is C18H22N2O4S2. The van der Waals surface area contributed by atoms with Gasteiger partial charge in [-0.3, -0.25) is 4.79 Å². The summed E-state index contributed by atoms with van der Waals surface area (Å²) in [4.78, 5) is 16.0. The Morgan fingerprint density at radius 3 is 2.69 bits per heavy atom. The van der Waals surface area contributed by atoms with Crippen LogP contribution in [0.1, 0.15) is 46.9 Å². The average molecular weight is 395 g/mol. The van der Waals surface area contributed by atoms with Gasteiger partial charge in [-0.05, 0) is 44.1 Å². The molecule has 0 N–H and O–H groups in total. The minimum Gasteiger partial charge on any atom is -0.455 e. The highest BCUT2D eigenvalue weighted by atomic mass is 32.2. The summed E-state index contributed by atoms with van der Waals surface area (Å²) < 4.78 is 32.7. The molecule has 6 nitrogen and oxygen atoms in total. The van der Waals surface area contributed by atoms with Crippen molar-refractivity contribution in [3.05, 3.63) is 40.0 Å². The van der Waals surface area contributed by atoms with Crippen molar-refractivity contribution in [3.8, 4) is 0 Å². The van der Waals surface area contributed by atoms with Crippen LogP contribution in [0.2, 0.25) is 0 Å². The number of sulfonamides is 1. The molecule has 1 aliphatic heterocycles. The van der Waals surface area contributed by atoms with E-state index in [1.54, 1.807) is 23.2 Å². The summed E-state index contributed by atoms with van der Waals surface area (Å²) in [5, 5.41) is 1.99. The second-order valence-corrected chi connectivity index (χ2v) is 9.82. The molecule has 0 aromatic carbocycles. The van der Waals surface area contributed by atoms with Crippen molar-refractivity contribution in [1.29, 1.82) is 0 Å². The topological polar surface area (TPSA) is 70.8 Å². The van der Waals surface area contributed by atoms with E-state index in [9.17, 15) is 13.2 Å². The first-order valence-electron chi connectivity index (χ1n) is 8.91. The Bertz CT molecular complexity index is 892. The van der Waals surface area contributed by atoms with Crippen LogP contribution in [0.15, 0.2) is 32.9 Å². The van der Waals surface area contributed by atoms with Crippen LogP contribution in [-0.4, -0.2) is 42.7 Å². The predicted octanol–water partition coefficient (Wildman–Crippen LogP) is 3.24. The average Bonchev–Trinajstić information content (AvgIpc) is 3.05. The molecule has 0 bridgehead atoms. The highest BCUT2D eigenvalue weighted by Crippen LogP contribution is 2.32. The lowest BCUT2D eigenvalue weighted by molar-refractivity contribution is 0.0698. The molecule has 26 heavy (non-hydrogen) atoms. The van der Waals surface area contributed by atoms with Gasteiger partial charge in [-0.15, -0.1) is 11.3 Å². The fourth-order valence-corrected chi connectivity index (χ4v) is 5.74. The van der Waals surface area contributed by atoms with Crippen LogP contribution in [-0.2, 0) is 16.6 Å². The molecule has 1 saturated carbocycles. The van der Waals surface area contributed by atoms with Gasteiger partial charge in [0.1, 0.15) is 10.7 Å². The Labute approximate surface area is 157 Å². The SMILES string of the molecule is Cc1oc(C(=O)N(Cc2cccs2)C2CC2)cc1S(=O)(=O)N1CCCC1. The van der Waals surface area contributed by atoms with Gasteiger partial charge in [0.05, 0.1) is 6.54 Å². The lowest BCUT2D eigenvalue weighted by Crippen LogP contribution is -2.32. The van der Waals surface area contributed by atoms with Gasteiger partial charge in [0.25, 0.3) is 5.91 Å². The number of nitrogens with zero attached hydrogens (tertiary/aromatic N) is 2. The molecule has 2 aromatic heterocycles. The van der Waals surface area contributed by atoms with Crippen molar-refractivity contribution < 1.29 is 17.6 Å². The molecule has 2 fully saturated rings. The number of aryl methyl sites for hydroxylation is 1. The molecule has 2 aliphatic rings. The molecule has 0 radical (unpaired) electrons. The minimum absolute atomic E-state index is 0.115. The molecule has 0 atom stereocenters. The highest BCUT2D eigenvalue weighted by molar-refractivity contribution is 7.89. The molecule has 0 unspecified atom stereocenters. The lowest BCUT2D eigenvalue weighted by atomic mass is 10.3. The van der Waals surface area contributed by atoms with E-state index in [0.717, 1.165) is 30.6 Å². The highest BCUT2D eigenvalue weighted by Gasteiger charge is 2.37. The largest absolute Gasteiger partial charge is 0.455 e. The smallest absolute Gasteiger partial charge is 0.290 e. The van der Waals surface area contributed by atoms with Gasteiger partial charge < -0.3 is 9.32 Å². The predicted molar refractivity (Wildman–Crippen MR) is 98.7 cm³/mol. The fraction of sp³-hybridized carbons (Fsp3) is 0.500. The fourth-order valence-electron chi connectivity index (χ4n) is 3.36. The van der Waals surface area contributed by atoms with Crippen LogP contribution in [0.5, 0.6) is 0 Å². The van der Waals surface area contributed by atoms with Gasteiger partial charge in [-0.1, -0.05) is 6.07 Å². The summed E-state index contributed by atoms with van der Waals surface area (Å²) in [5.41, 5.74) is 0. The van der Waals surface area contributed by atoms with Crippen LogP contribution in [0.3, 0.4) is 0 Å². The molecule has 8 heteroatoms. The normalized spacial score (nSPS) is 18.3. The zero-order chi connectivity index (χ0) is 18.3. The number of amides is 1. The van der Waals surface area contributed by atoms with E-state index in [2.05, 4.69) is 0 Å².